The number of nitrogens with two attached hydrogens (primary N) is 1. The van der Waals surface area contributed by atoms with Crippen molar-refractivity contribution in [3.8, 4) is 0 Å². The Labute approximate surface area is 122 Å². The number of thiophene rings is 1. The third-order valence-electron chi connectivity index (χ3n) is 3.11. The predicted molar refractivity (Wildman–Crippen MR) is 84.6 cm³/mol. The summed E-state index contributed by atoms with van der Waals surface area (Å²) in [5, 5.41) is 4.11. The molecule has 3 N–H and O–H groups in total. The molecule has 6 heteroatoms. The molecule has 1 aliphatic rings. The van der Waals surface area contributed by atoms with Crippen molar-refractivity contribution in [2.24, 2.45) is 0 Å². The van der Waals surface area contributed by atoms with Crippen LogP contribution in [-0.4, -0.2) is 31.8 Å². The molecule has 1 aromatic heterocycles. The smallest absolute Gasteiger partial charge is 0.263 e. The van der Waals surface area contributed by atoms with E-state index in [1.54, 1.807) is 11.8 Å². The van der Waals surface area contributed by atoms with Gasteiger partial charge in [-0.3, -0.25) is 4.79 Å². The molecule has 1 saturated carbocycles. The number of amides is 1. The van der Waals surface area contributed by atoms with Gasteiger partial charge in [0.25, 0.3) is 5.91 Å². The van der Waals surface area contributed by atoms with Crippen molar-refractivity contribution in [1.82, 2.24) is 5.32 Å². The first-order chi connectivity index (χ1) is 9.08. The zero-order valence-corrected chi connectivity index (χ0v) is 13.3. The Morgan fingerprint density at radius 1 is 1.58 bits per heavy atom. The molecule has 1 fully saturated rings. The number of carbonyl (C=O) groups excluding carboxylic acids is 1. The van der Waals surface area contributed by atoms with E-state index in [4.69, 9.17) is 5.73 Å². The molecule has 106 valence electrons. The number of hydrogen-bond donors (Lipinski definition) is 2. The van der Waals surface area contributed by atoms with Gasteiger partial charge in [0.05, 0.1) is 10.6 Å². The van der Waals surface area contributed by atoms with E-state index in [0.717, 1.165) is 35.7 Å². The summed E-state index contributed by atoms with van der Waals surface area (Å²) >= 11 is 3.12. The Hall–Kier alpha value is -0.880. The Morgan fingerprint density at radius 2 is 2.26 bits per heavy atom. The molecule has 0 radical (unpaired) electrons. The van der Waals surface area contributed by atoms with Gasteiger partial charge >= 0.3 is 0 Å². The van der Waals surface area contributed by atoms with Gasteiger partial charge in [0.1, 0.15) is 9.88 Å². The molecule has 0 aromatic carbocycles. The Kier molecular flexibility index (Phi) is 4.62. The summed E-state index contributed by atoms with van der Waals surface area (Å²) in [5.41, 5.74) is 6.78. The summed E-state index contributed by atoms with van der Waals surface area (Å²) in [5.74, 6) is -0.0172. The summed E-state index contributed by atoms with van der Waals surface area (Å²) in [6, 6.07) is 0.364. The van der Waals surface area contributed by atoms with E-state index in [0.29, 0.717) is 16.6 Å². The van der Waals surface area contributed by atoms with Gasteiger partial charge in [0, 0.05) is 19.6 Å². The summed E-state index contributed by atoms with van der Waals surface area (Å²) in [4.78, 5) is 16.0. The van der Waals surface area contributed by atoms with Gasteiger partial charge in [0.2, 0.25) is 0 Å². The molecule has 0 spiro atoms. The van der Waals surface area contributed by atoms with Gasteiger partial charge < -0.3 is 16.0 Å². The molecule has 4 nitrogen and oxygen atoms in total. The van der Waals surface area contributed by atoms with Crippen molar-refractivity contribution < 1.29 is 4.79 Å². The maximum Gasteiger partial charge on any atom is 0.263 e. The van der Waals surface area contributed by atoms with Crippen LogP contribution in [0, 0.1) is 0 Å². The number of nitrogens with zero attached hydrogens (tertiary/aromatic N) is 1. The van der Waals surface area contributed by atoms with Crippen LogP contribution >= 0.6 is 23.1 Å². The molecule has 0 saturated heterocycles. The molecule has 2 rings (SSSR count). The minimum atomic E-state index is -0.0172. The highest BCUT2D eigenvalue weighted by molar-refractivity contribution is 7.99. The molecule has 1 amide bonds. The standard InChI is InChI=1S/C13H21N3OS2/c1-4-7-16(2)13-11(18-3)9(14)10(19-13)12(17)15-8-5-6-8/h8H,4-7,14H2,1-3H3,(H,15,17). The maximum absolute atomic E-state index is 12.2. The zero-order valence-electron chi connectivity index (χ0n) is 11.7. The first-order valence-corrected chi connectivity index (χ1v) is 8.60. The Bertz CT molecular complexity index is 469. The number of carbonyl (C=O) groups is 1. The lowest BCUT2D eigenvalue weighted by Gasteiger charge is -2.17. The highest BCUT2D eigenvalue weighted by Gasteiger charge is 2.28. The number of nitrogen functional groups attached to an aromatic ring is 1. The number of rotatable bonds is 6. The van der Waals surface area contributed by atoms with Crippen LogP contribution in [-0.2, 0) is 0 Å². The molecule has 0 bridgehead atoms. The molecule has 1 heterocycles. The lowest BCUT2D eigenvalue weighted by molar-refractivity contribution is 0.0956. The fourth-order valence-electron chi connectivity index (χ4n) is 1.95. The average molecular weight is 299 g/mol. The van der Waals surface area contributed by atoms with Crippen molar-refractivity contribution in [1.29, 1.82) is 0 Å². The largest absolute Gasteiger partial charge is 0.396 e. The molecule has 0 unspecified atom stereocenters. The molecule has 0 aliphatic heterocycles. The summed E-state index contributed by atoms with van der Waals surface area (Å²) in [6.07, 6.45) is 5.26. The quantitative estimate of drug-likeness (QED) is 0.793. The van der Waals surface area contributed by atoms with Gasteiger partial charge in [0.15, 0.2) is 0 Å². The molecule has 0 atom stereocenters. The summed E-state index contributed by atoms with van der Waals surface area (Å²) < 4.78 is 0. The van der Waals surface area contributed by atoms with Crippen molar-refractivity contribution >= 4 is 39.7 Å². The Balaban J connectivity index is 2.26. The average Bonchev–Trinajstić information content (AvgIpc) is 3.11. The predicted octanol–water partition coefficient (Wildman–Crippen LogP) is 2.79. The highest BCUT2D eigenvalue weighted by atomic mass is 32.2. The number of hydrogen-bond acceptors (Lipinski definition) is 5. The summed E-state index contributed by atoms with van der Waals surface area (Å²) in [7, 11) is 2.05. The number of anilines is 2. The van der Waals surface area contributed by atoms with E-state index in [1.165, 1.54) is 11.3 Å². The highest BCUT2D eigenvalue weighted by Crippen LogP contribution is 2.43. The number of thioether (sulfide) groups is 1. The van der Waals surface area contributed by atoms with Crippen LogP contribution in [0.1, 0.15) is 35.9 Å². The first kappa shape index (κ1) is 14.5. The molecule has 1 aromatic rings. The third kappa shape index (κ3) is 3.17. The van der Waals surface area contributed by atoms with Crippen molar-refractivity contribution in [3.63, 3.8) is 0 Å². The first-order valence-electron chi connectivity index (χ1n) is 6.56. The third-order valence-corrected chi connectivity index (χ3v) is 5.38. The molecule has 1 aliphatic carbocycles. The topological polar surface area (TPSA) is 58.4 Å². The van der Waals surface area contributed by atoms with Gasteiger partial charge in [-0.15, -0.1) is 23.1 Å². The van der Waals surface area contributed by atoms with Crippen molar-refractivity contribution in [3.05, 3.63) is 4.88 Å². The van der Waals surface area contributed by atoms with Crippen molar-refractivity contribution in [2.75, 3.05) is 30.5 Å². The molecular formula is C13H21N3OS2. The van der Waals surface area contributed by atoms with E-state index in [-0.39, 0.29) is 5.91 Å². The van der Waals surface area contributed by atoms with E-state index < -0.39 is 0 Å². The SMILES string of the molecule is CCCN(C)c1sc(C(=O)NC2CC2)c(N)c1SC. The zero-order chi connectivity index (χ0) is 14.0. The molecule has 19 heavy (non-hydrogen) atoms. The van der Waals surface area contributed by atoms with Gasteiger partial charge in [-0.2, -0.15) is 0 Å². The lowest BCUT2D eigenvalue weighted by Crippen LogP contribution is -2.25. The van der Waals surface area contributed by atoms with Gasteiger partial charge in [-0.1, -0.05) is 6.92 Å². The van der Waals surface area contributed by atoms with E-state index in [2.05, 4.69) is 24.2 Å². The van der Waals surface area contributed by atoms with Crippen LogP contribution in [0.4, 0.5) is 10.7 Å². The van der Waals surface area contributed by atoms with E-state index in [1.807, 2.05) is 6.26 Å². The lowest BCUT2D eigenvalue weighted by atomic mass is 10.3. The van der Waals surface area contributed by atoms with Crippen LogP contribution in [0.5, 0.6) is 0 Å². The van der Waals surface area contributed by atoms with Crippen LogP contribution in [0.25, 0.3) is 0 Å². The maximum atomic E-state index is 12.2. The van der Waals surface area contributed by atoms with Gasteiger partial charge in [-0.25, -0.2) is 0 Å². The van der Waals surface area contributed by atoms with Gasteiger partial charge in [-0.05, 0) is 25.5 Å². The van der Waals surface area contributed by atoms with Crippen LogP contribution in [0.2, 0.25) is 0 Å². The Morgan fingerprint density at radius 3 is 2.79 bits per heavy atom. The second-order valence-corrected chi connectivity index (χ2v) is 6.67. The van der Waals surface area contributed by atoms with Crippen molar-refractivity contribution in [2.45, 2.75) is 37.1 Å². The fourth-order valence-corrected chi connectivity index (χ4v) is 4.05. The monoisotopic (exact) mass is 299 g/mol. The second kappa shape index (κ2) is 6.05. The van der Waals surface area contributed by atoms with Crippen LogP contribution < -0.4 is 16.0 Å². The van der Waals surface area contributed by atoms with E-state index in [9.17, 15) is 4.79 Å². The van der Waals surface area contributed by atoms with E-state index >= 15 is 0 Å². The summed E-state index contributed by atoms with van der Waals surface area (Å²) in [6.45, 7) is 3.12. The van der Waals surface area contributed by atoms with Crippen LogP contribution in [0.15, 0.2) is 4.90 Å². The minimum absolute atomic E-state index is 0.0172. The fraction of sp³-hybridized carbons (Fsp3) is 0.615. The second-order valence-electron chi connectivity index (χ2n) is 4.85. The number of nitrogens with one attached hydrogen (secondary N) is 1. The molecular weight excluding hydrogens is 278 g/mol. The normalized spacial score (nSPS) is 14.5. The minimum Gasteiger partial charge on any atom is -0.396 e. The van der Waals surface area contributed by atoms with Crippen LogP contribution in [0.3, 0.4) is 0 Å².